The monoisotopic (exact) mass is 328 g/mol. The molecule has 0 fully saturated rings. The molecule has 2 N–H and O–H groups in total. The number of rotatable bonds is 2. The van der Waals surface area contributed by atoms with E-state index in [4.69, 9.17) is 12.2 Å². The summed E-state index contributed by atoms with van der Waals surface area (Å²) < 4.78 is 50.7. The Balaban J connectivity index is 2.01. The second-order valence-corrected chi connectivity index (χ2v) is 5.03. The summed E-state index contributed by atoms with van der Waals surface area (Å²) in [6.45, 7) is 1.64. The van der Waals surface area contributed by atoms with E-state index in [1.54, 1.807) is 19.1 Å². The van der Waals surface area contributed by atoms with Gasteiger partial charge in [-0.25, -0.2) is 4.39 Å². The predicted octanol–water partition coefficient (Wildman–Crippen LogP) is 4.96. The van der Waals surface area contributed by atoms with Crippen LogP contribution in [0.2, 0.25) is 0 Å². The van der Waals surface area contributed by atoms with E-state index in [0.29, 0.717) is 16.9 Å². The summed E-state index contributed by atoms with van der Waals surface area (Å²) in [6, 6.07) is 8.99. The van der Waals surface area contributed by atoms with Gasteiger partial charge in [-0.1, -0.05) is 6.07 Å². The van der Waals surface area contributed by atoms with Crippen LogP contribution in [-0.4, -0.2) is 5.11 Å². The maximum atomic E-state index is 13.4. The molecule has 0 aliphatic carbocycles. The van der Waals surface area contributed by atoms with Gasteiger partial charge in [0.2, 0.25) is 0 Å². The average molecular weight is 328 g/mol. The normalized spacial score (nSPS) is 11.1. The van der Waals surface area contributed by atoms with Crippen molar-refractivity contribution in [2.45, 2.75) is 13.1 Å². The molecule has 2 aromatic rings. The topological polar surface area (TPSA) is 24.1 Å². The first kappa shape index (κ1) is 16.2. The SMILES string of the molecule is Cc1ccc(NC(=S)Nc2ccc(C(F)(F)F)cc2)cc1F. The quantitative estimate of drug-likeness (QED) is 0.602. The first-order valence-electron chi connectivity index (χ1n) is 6.27. The fourth-order valence-corrected chi connectivity index (χ4v) is 1.94. The molecule has 0 bridgehead atoms. The largest absolute Gasteiger partial charge is 0.416 e. The minimum absolute atomic E-state index is 0.156. The van der Waals surface area contributed by atoms with Crippen LogP contribution in [0, 0.1) is 12.7 Å². The Labute approximate surface area is 130 Å². The number of benzene rings is 2. The number of nitrogens with one attached hydrogen (secondary N) is 2. The molecule has 0 amide bonds. The first-order valence-corrected chi connectivity index (χ1v) is 6.68. The van der Waals surface area contributed by atoms with Crippen molar-refractivity contribution in [2.24, 2.45) is 0 Å². The first-order chi connectivity index (χ1) is 10.3. The van der Waals surface area contributed by atoms with Crippen LogP contribution in [0.3, 0.4) is 0 Å². The van der Waals surface area contributed by atoms with Gasteiger partial charge < -0.3 is 10.6 Å². The fraction of sp³-hybridized carbons (Fsp3) is 0.133. The lowest BCUT2D eigenvalue weighted by Crippen LogP contribution is -2.19. The molecule has 2 aromatic carbocycles. The number of hydrogen-bond acceptors (Lipinski definition) is 1. The van der Waals surface area contributed by atoms with Gasteiger partial charge in [-0.05, 0) is 61.1 Å². The Morgan fingerprint density at radius 2 is 1.50 bits per heavy atom. The summed E-state index contributed by atoms with van der Waals surface area (Å²) in [6.07, 6.45) is -4.38. The van der Waals surface area contributed by atoms with Gasteiger partial charge in [-0.2, -0.15) is 13.2 Å². The molecule has 0 radical (unpaired) electrons. The summed E-state index contributed by atoms with van der Waals surface area (Å²) in [5.41, 5.74) is 0.621. The third-order valence-electron chi connectivity index (χ3n) is 2.90. The molecule has 22 heavy (non-hydrogen) atoms. The van der Waals surface area contributed by atoms with E-state index in [9.17, 15) is 17.6 Å². The van der Waals surface area contributed by atoms with Gasteiger partial charge in [0.05, 0.1) is 5.56 Å². The molecule has 2 nitrogen and oxygen atoms in total. The Hall–Kier alpha value is -2.15. The number of aryl methyl sites for hydroxylation is 1. The minimum Gasteiger partial charge on any atom is -0.332 e. The maximum Gasteiger partial charge on any atom is 0.416 e. The molecular weight excluding hydrogens is 316 g/mol. The van der Waals surface area contributed by atoms with Crippen LogP contribution >= 0.6 is 12.2 Å². The second kappa shape index (κ2) is 6.31. The highest BCUT2D eigenvalue weighted by Crippen LogP contribution is 2.29. The Morgan fingerprint density at radius 1 is 0.955 bits per heavy atom. The highest BCUT2D eigenvalue weighted by Gasteiger charge is 2.29. The molecular formula is C15H12F4N2S. The van der Waals surface area contributed by atoms with E-state index in [2.05, 4.69) is 10.6 Å². The number of hydrogen-bond donors (Lipinski definition) is 2. The number of anilines is 2. The van der Waals surface area contributed by atoms with Gasteiger partial charge in [-0.15, -0.1) is 0 Å². The van der Waals surface area contributed by atoms with Crippen molar-refractivity contribution in [3.05, 3.63) is 59.4 Å². The van der Waals surface area contributed by atoms with Crippen LogP contribution in [0.15, 0.2) is 42.5 Å². The number of halogens is 4. The molecule has 0 saturated carbocycles. The van der Waals surface area contributed by atoms with E-state index in [1.165, 1.54) is 18.2 Å². The van der Waals surface area contributed by atoms with Gasteiger partial charge in [0.15, 0.2) is 5.11 Å². The zero-order valence-electron chi connectivity index (χ0n) is 11.5. The lowest BCUT2D eigenvalue weighted by molar-refractivity contribution is -0.137. The highest BCUT2D eigenvalue weighted by molar-refractivity contribution is 7.80. The van der Waals surface area contributed by atoms with Crippen molar-refractivity contribution in [3.63, 3.8) is 0 Å². The van der Waals surface area contributed by atoms with Gasteiger partial charge >= 0.3 is 6.18 Å². The molecule has 0 aliphatic rings. The zero-order valence-corrected chi connectivity index (χ0v) is 12.3. The second-order valence-electron chi connectivity index (χ2n) is 4.62. The lowest BCUT2D eigenvalue weighted by Gasteiger charge is -2.12. The molecule has 0 spiro atoms. The Bertz CT molecular complexity index is 681. The smallest absolute Gasteiger partial charge is 0.332 e. The predicted molar refractivity (Wildman–Crippen MR) is 82.4 cm³/mol. The zero-order chi connectivity index (χ0) is 16.3. The van der Waals surface area contributed by atoms with Crippen LogP contribution < -0.4 is 10.6 Å². The molecule has 7 heteroatoms. The van der Waals surface area contributed by atoms with Crippen molar-refractivity contribution < 1.29 is 17.6 Å². The van der Waals surface area contributed by atoms with E-state index >= 15 is 0 Å². The summed E-state index contributed by atoms with van der Waals surface area (Å²) >= 11 is 5.03. The van der Waals surface area contributed by atoms with E-state index in [-0.39, 0.29) is 10.9 Å². The van der Waals surface area contributed by atoms with Crippen LogP contribution in [0.4, 0.5) is 28.9 Å². The van der Waals surface area contributed by atoms with Crippen LogP contribution in [-0.2, 0) is 6.18 Å². The summed E-state index contributed by atoms with van der Waals surface area (Å²) in [5, 5.41) is 5.65. The molecule has 0 heterocycles. The summed E-state index contributed by atoms with van der Waals surface area (Å²) in [4.78, 5) is 0. The van der Waals surface area contributed by atoms with Gasteiger partial charge in [0.25, 0.3) is 0 Å². The molecule has 0 aliphatic heterocycles. The molecule has 0 atom stereocenters. The average Bonchev–Trinajstić information content (AvgIpc) is 2.42. The standard InChI is InChI=1S/C15H12F4N2S/c1-9-2-5-12(8-13(9)16)21-14(22)20-11-6-3-10(4-7-11)15(17,18)19/h2-8H,1H3,(H2,20,21,22). The third kappa shape index (κ3) is 4.17. The summed E-state index contributed by atoms with van der Waals surface area (Å²) in [5.74, 6) is -0.373. The molecule has 2 rings (SSSR count). The van der Waals surface area contributed by atoms with Gasteiger partial charge in [-0.3, -0.25) is 0 Å². The summed E-state index contributed by atoms with van der Waals surface area (Å²) in [7, 11) is 0. The van der Waals surface area contributed by atoms with Crippen molar-refractivity contribution in [3.8, 4) is 0 Å². The van der Waals surface area contributed by atoms with Gasteiger partial charge in [0.1, 0.15) is 5.82 Å². The highest BCUT2D eigenvalue weighted by atomic mass is 32.1. The van der Waals surface area contributed by atoms with Crippen molar-refractivity contribution in [1.29, 1.82) is 0 Å². The van der Waals surface area contributed by atoms with E-state index in [0.717, 1.165) is 12.1 Å². The van der Waals surface area contributed by atoms with E-state index < -0.39 is 11.7 Å². The lowest BCUT2D eigenvalue weighted by atomic mass is 10.2. The van der Waals surface area contributed by atoms with Crippen molar-refractivity contribution >= 4 is 28.7 Å². The van der Waals surface area contributed by atoms with Crippen molar-refractivity contribution in [1.82, 2.24) is 0 Å². The molecule has 0 saturated heterocycles. The maximum absolute atomic E-state index is 13.4. The molecule has 0 aromatic heterocycles. The Kier molecular flexibility index (Phi) is 4.65. The van der Waals surface area contributed by atoms with Crippen LogP contribution in [0.5, 0.6) is 0 Å². The van der Waals surface area contributed by atoms with E-state index in [1.807, 2.05) is 0 Å². The van der Waals surface area contributed by atoms with Crippen molar-refractivity contribution in [2.75, 3.05) is 10.6 Å². The number of thiocarbonyl (C=S) groups is 1. The van der Waals surface area contributed by atoms with Gasteiger partial charge in [0, 0.05) is 11.4 Å². The molecule has 0 unspecified atom stereocenters. The fourth-order valence-electron chi connectivity index (χ4n) is 1.71. The Morgan fingerprint density at radius 3 is 2.05 bits per heavy atom. The molecule has 116 valence electrons. The van der Waals surface area contributed by atoms with Crippen LogP contribution in [0.1, 0.15) is 11.1 Å². The number of alkyl halides is 3. The van der Waals surface area contributed by atoms with Crippen LogP contribution in [0.25, 0.3) is 0 Å². The third-order valence-corrected chi connectivity index (χ3v) is 3.10. The minimum atomic E-state index is -4.38.